The molecule has 2 aliphatic rings. The van der Waals surface area contributed by atoms with E-state index in [-0.39, 0.29) is 0 Å². The maximum Gasteiger partial charge on any atom is 0.454 e. The van der Waals surface area contributed by atoms with Crippen LogP contribution in [-0.2, 0) is 9.09 Å². The van der Waals surface area contributed by atoms with Crippen LogP contribution in [0.4, 0.5) is 0 Å². The van der Waals surface area contributed by atoms with E-state index in [1.807, 2.05) is 0 Å². The van der Waals surface area contributed by atoms with E-state index < -0.39 is 7.75 Å². The Balaban J connectivity index is 2.18. The molecule has 6 nitrogen and oxygen atoms in total. The third-order valence-corrected chi connectivity index (χ3v) is 4.64. The Kier molecular flexibility index (Phi) is 5.25. The highest BCUT2D eigenvalue weighted by atomic mass is 31.2. The van der Waals surface area contributed by atoms with Gasteiger partial charge in [0.1, 0.15) is 0 Å². The summed E-state index contributed by atoms with van der Waals surface area (Å²) in [6.45, 7) is 3.66. The van der Waals surface area contributed by atoms with Gasteiger partial charge in [0.2, 0.25) is 5.96 Å². The Bertz CT molecular complexity index is 343. The number of piperidine rings is 2. The minimum atomic E-state index is -3.86. The molecule has 2 heterocycles. The van der Waals surface area contributed by atoms with Gasteiger partial charge in [-0.2, -0.15) is 0 Å². The van der Waals surface area contributed by atoms with Crippen molar-refractivity contribution in [3.63, 3.8) is 0 Å². The molecule has 1 N–H and O–H groups in total. The van der Waals surface area contributed by atoms with Crippen LogP contribution in [0.25, 0.3) is 0 Å². The van der Waals surface area contributed by atoms with Crippen molar-refractivity contribution in [3.05, 3.63) is 0 Å². The van der Waals surface area contributed by atoms with Crippen LogP contribution in [-0.4, -0.2) is 53.9 Å². The van der Waals surface area contributed by atoms with Crippen LogP contribution in [0.1, 0.15) is 38.5 Å². The first-order valence-corrected chi connectivity index (χ1v) is 8.64. The zero-order valence-corrected chi connectivity index (χ0v) is 12.5. The van der Waals surface area contributed by atoms with E-state index in [4.69, 9.17) is 0 Å². The zero-order chi connectivity index (χ0) is 13.7. The lowest BCUT2D eigenvalue weighted by Gasteiger charge is -2.38. The van der Waals surface area contributed by atoms with Gasteiger partial charge in [-0.05, 0) is 38.5 Å². The molecule has 2 aliphatic heterocycles. The quantitative estimate of drug-likeness (QED) is 0.479. The molecule has 0 aromatic carbocycles. The third-order valence-electron chi connectivity index (χ3n) is 3.73. The molecule has 19 heavy (non-hydrogen) atoms. The highest BCUT2D eigenvalue weighted by molar-refractivity contribution is 7.51. The van der Waals surface area contributed by atoms with E-state index in [9.17, 15) is 9.46 Å². The summed E-state index contributed by atoms with van der Waals surface area (Å²) in [4.78, 5) is 13.9. The van der Waals surface area contributed by atoms with Gasteiger partial charge in [-0.3, -0.25) is 4.52 Å². The van der Waals surface area contributed by atoms with E-state index in [0.717, 1.165) is 51.9 Å². The van der Waals surface area contributed by atoms with Crippen LogP contribution in [0.2, 0.25) is 0 Å². The van der Waals surface area contributed by atoms with Gasteiger partial charge in [-0.15, -0.1) is 4.76 Å². The molecular formula is C12H24N3O3P. The smallest absolute Gasteiger partial charge is 0.342 e. The lowest BCUT2D eigenvalue weighted by molar-refractivity contribution is 0.254. The normalized spacial score (nSPS) is 23.9. The lowest BCUT2D eigenvalue weighted by atomic mass is 10.1. The number of guanidine groups is 1. The SMILES string of the molecule is COP(=O)(O)N=C(N1CCCCC1)N1CCCCC1. The summed E-state index contributed by atoms with van der Waals surface area (Å²) in [5.74, 6) is 0.659. The first-order valence-electron chi connectivity index (χ1n) is 7.11. The Morgan fingerprint density at radius 3 is 1.79 bits per heavy atom. The van der Waals surface area contributed by atoms with E-state index in [1.54, 1.807) is 0 Å². The largest absolute Gasteiger partial charge is 0.454 e. The maximum absolute atomic E-state index is 11.8. The molecule has 110 valence electrons. The summed E-state index contributed by atoms with van der Waals surface area (Å²) in [7, 11) is -2.63. The Labute approximate surface area is 115 Å². The molecule has 0 saturated carbocycles. The number of nitrogens with zero attached hydrogens (tertiary/aromatic N) is 3. The molecule has 0 aliphatic carbocycles. The van der Waals surface area contributed by atoms with Crippen molar-refractivity contribution in [1.29, 1.82) is 0 Å². The number of hydrogen-bond donors (Lipinski definition) is 1. The highest BCUT2D eigenvalue weighted by Crippen LogP contribution is 2.43. The minimum Gasteiger partial charge on any atom is -0.342 e. The van der Waals surface area contributed by atoms with Crippen molar-refractivity contribution in [3.8, 4) is 0 Å². The summed E-state index contributed by atoms with van der Waals surface area (Å²) in [6.07, 6.45) is 6.94. The van der Waals surface area contributed by atoms with Gasteiger partial charge in [0.25, 0.3) is 0 Å². The van der Waals surface area contributed by atoms with Crippen LogP contribution in [0.15, 0.2) is 4.76 Å². The summed E-state index contributed by atoms with van der Waals surface area (Å²) in [5.41, 5.74) is 0. The molecule has 2 fully saturated rings. The van der Waals surface area contributed by atoms with Crippen molar-refractivity contribution in [2.45, 2.75) is 38.5 Å². The second-order valence-corrected chi connectivity index (χ2v) is 6.71. The standard InChI is InChI=1S/C12H24N3O3P/c1-18-19(16,17)13-12(14-8-4-2-5-9-14)15-10-6-3-7-11-15/h2-11H2,1H3,(H,16,17). The fraction of sp³-hybridized carbons (Fsp3) is 0.917. The Morgan fingerprint density at radius 2 is 1.42 bits per heavy atom. The summed E-state index contributed by atoms with van der Waals surface area (Å²) in [6, 6.07) is 0. The van der Waals surface area contributed by atoms with Crippen molar-refractivity contribution in [2.24, 2.45) is 4.76 Å². The average Bonchev–Trinajstić information content (AvgIpc) is 2.47. The second-order valence-electron chi connectivity index (χ2n) is 5.17. The number of hydrogen-bond acceptors (Lipinski definition) is 2. The fourth-order valence-electron chi connectivity index (χ4n) is 2.67. The molecule has 0 aromatic heterocycles. The Morgan fingerprint density at radius 1 is 1.00 bits per heavy atom. The minimum absolute atomic E-state index is 0.659. The van der Waals surface area contributed by atoms with Gasteiger partial charge in [-0.25, -0.2) is 4.57 Å². The second kappa shape index (κ2) is 6.73. The molecule has 2 rings (SSSR count). The van der Waals surface area contributed by atoms with E-state index in [2.05, 4.69) is 19.1 Å². The molecular weight excluding hydrogens is 265 g/mol. The molecule has 2 saturated heterocycles. The van der Waals surface area contributed by atoms with Gasteiger partial charge < -0.3 is 14.7 Å². The van der Waals surface area contributed by atoms with Crippen LogP contribution in [0.3, 0.4) is 0 Å². The van der Waals surface area contributed by atoms with E-state index in [1.165, 1.54) is 20.0 Å². The summed E-state index contributed by atoms with van der Waals surface area (Å²) >= 11 is 0. The average molecular weight is 289 g/mol. The van der Waals surface area contributed by atoms with Crippen LogP contribution >= 0.6 is 7.75 Å². The molecule has 7 heteroatoms. The molecule has 1 atom stereocenters. The molecule has 0 aromatic rings. The molecule has 0 bridgehead atoms. The number of rotatable bonds is 2. The lowest BCUT2D eigenvalue weighted by Crippen LogP contribution is -2.48. The number of likely N-dealkylation sites (tertiary alicyclic amines) is 2. The van der Waals surface area contributed by atoms with E-state index in [0.29, 0.717) is 5.96 Å². The van der Waals surface area contributed by atoms with Gasteiger partial charge in [0.05, 0.1) is 0 Å². The Hall–Kier alpha value is -0.580. The van der Waals surface area contributed by atoms with Crippen LogP contribution in [0, 0.1) is 0 Å². The first-order chi connectivity index (χ1) is 9.12. The van der Waals surface area contributed by atoms with Gasteiger partial charge in [0.15, 0.2) is 0 Å². The molecule has 0 radical (unpaired) electrons. The van der Waals surface area contributed by atoms with Gasteiger partial charge in [0, 0.05) is 33.3 Å². The van der Waals surface area contributed by atoms with Crippen molar-refractivity contribution in [1.82, 2.24) is 9.80 Å². The van der Waals surface area contributed by atoms with Crippen LogP contribution < -0.4 is 0 Å². The summed E-state index contributed by atoms with van der Waals surface area (Å²) in [5, 5.41) is 0. The fourth-order valence-corrected chi connectivity index (χ4v) is 3.23. The van der Waals surface area contributed by atoms with Crippen LogP contribution in [0.5, 0.6) is 0 Å². The van der Waals surface area contributed by atoms with Gasteiger partial charge >= 0.3 is 7.75 Å². The first kappa shape index (κ1) is 14.8. The van der Waals surface area contributed by atoms with E-state index >= 15 is 0 Å². The predicted octanol–water partition coefficient (Wildman–Crippen LogP) is 2.06. The monoisotopic (exact) mass is 289 g/mol. The molecule has 0 amide bonds. The molecule has 0 spiro atoms. The van der Waals surface area contributed by atoms with Gasteiger partial charge in [-0.1, -0.05) is 0 Å². The van der Waals surface area contributed by atoms with Crippen molar-refractivity contribution >= 4 is 13.7 Å². The highest BCUT2D eigenvalue weighted by Gasteiger charge is 2.26. The predicted molar refractivity (Wildman–Crippen MR) is 75.1 cm³/mol. The molecule has 1 unspecified atom stereocenters. The summed E-state index contributed by atoms with van der Waals surface area (Å²) < 4.78 is 20.4. The topological polar surface area (TPSA) is 65.4 Å². The zero-order valence-electron chi connectivity index (χ0n) is 11.6. The third kappa shape index (κ3) is 4.20. The van der Waals surface area contributed by atoms with Crippen molar-refractivity contribution in [2.75, 3.05) is 33.3 Å². The van der Waals surface area contributed by atoms with Crippen molar-refractivity contribution < 1.29 is 14.0 Å². The maximum atomic E-state index is 11.8.